The van der Waals surface area contributed by atoms with Gasteiger partial charge in [-0.25, -0.2) is 9.98 Å². The number of hydrogen-bond acceptors (Lipinski definition) is 7. The summed E-state index contributed by atoms with van der Waals surface area (Å²) in [4.78, 5) is 10.9. The van der Waals surface area contributed by atoms with Gasteiger partial charge in [0.05, 0.1) is 28.9 Å². The zero-order valence-electron chi connectivity index (χ0n) is 14.1. The summed E-state index contributed by atoms with van der Waals surface area (Å²) in [6, 6.07) is 6.48. The van der Waals surface area contributed by atoms with Crippen LogP contribution in [0.5, 0.6) is 0 Å². The molecule has 0 bridgehead atoms. The average molecular weight is 357 g/mol. The standard InChI is InChI=1S/C18H23N5OS/c19-17-11-23(8-7-20-17)10-12-5-6-14-16(9-12)25-18(22-14)21-13-3-1-2-4-15(13)24/h5-9,13,15,24H,1-4,10-11H2,(H2,19,20)(H,21,22)/t13-,15-/m1/s1. The molecule has 1 aliphatic carbocycles. The normalized spacial score (nSPS) is 23.7. The maximum Gasteiger partial charge on any atom is 0.184 e. The number of nitrogens with zero attached hydrogens (tertiary/aromatic N) is 3. The summed E-state index contributed by atoms with van der Waals surface area (Å²) in [5, 5.41) is 14.5. The third-order valence-electron chi connectivity index (χ3n) is 4.76. The van der Waals surface area contributed by atoms with Crippen LogP contribution < -0.4 is 11.1 Å². The molecule has 1 aromatic heterocycles. The summed E-state index contributed by atoms with van der Waals surface area (Å²) in [5.41, 5.74) is 8.01. The number of nitrogens with one attached hydrogen (secondary N) is 1. The van der Waals surface area contributed by atoms with E-state index >= 15 is 0 Å². The molecule has 132 valence electrons. The summed E-state index contributed by atoms with van der Waals surface area (Å²) in [6.45, 7) is 1.45. The zero-order valence-corrected chi connectivity index (χ0v) is 14.9. The van der Waals surface area contributed by atoms with E-state index in [1.54, 1.807) is 17.5 Å². The second-order valence-corrected chi connectivity index (χ2v) is 7.78. The van der Waals surface area contributed by atoms with E-state index < -0.39 is 0 Å². The zero-order chi connectivity index (χ0) is 17.2. The minimum atomic E-state index is -0.269. The molecule has 4 rings (SSSR count). The van der Waals surface area contributed by atoms with Crippen LogP contribution in [0.25, 0.3) is 10.2 Å². The van der Waals surface area contributed by atoms with Crippen molar-refractivity contribution in [3.8, 4) is 0 Å². The number of hydrogen-bond donors (Lipinski definition) is 3. The molecule has 2 aliphatic rings. The van der Waals surface area contributed by atoms with Crippen molar-refractivity contribution in [2.45, 2.75) is 44.4 Å². The Balaban J connectivity index is 1.47. The number of thiazole rings is 1. The number of benzene rings is 1. The SMILES string of the molecule is NC1=NC=CN(Cc2ccc3nc(N[C@@H]4CCCC[C@H]4O)sc3c2)C1. The highest BCUT2D eigenvalue weighted by atomic mass is 32.1. The van der Waals surface area contributed by atoms with Crippen molar-refractivity contribution in [3.05, 3.63) is 36.2 Å². The summed E-state index contributed by atoms with van der Waals surface area (Å²) in [5.74, 6) is 0.638. The summed E-state index contributed by atoms with van der Waals surface area (Å²) in [6.07, 6.45) is 7.60. The van der Waals surface area contributed by atoms with Gasteiger partial charge in [-0.1, -0.05) is 30.2 Å². The first-order chi connectivity index (χ1) is 12.2. The van der Waals surface area contributed by atoms with Gasteiger partial charge in [-0.2, -0.15) is 0 Å². The van der Waals surface area contributed by atoms with E-state index in [2.05, 4.69) is 38.4 Å². The fraction of sp³-hybridized carbons (Fsp3) is 0.444. The minimum Gasteiger partial charge on any atom is -0.391 e. The molecule has 1 saturated carbocycles. The van der Waals surface area contributed by atoms with Gasteiger partial charge in [0.2, 0.25) is 0 Å². The van der Waals surface area contributed by atoms with E-state index in [1.165, 1.54) is 12.0 Å². The number of aromatic nitrogens is 1. The Morgan fingerprint density at radius 1 is 1.32 bits per heavy atom. The fourth-order valence-corrected chi connectivity index (χ4v) is 4.43. The number of nitrogens with two attached hydrogens (primary N) is 1. The van der Waals surface area contributed by atoms with Gasteiger partial charge in [0.15, 0.2) is 5.13 Å². The molecule has 0 radical (unpaired) electrons. The van der Waals surface area contributed by atoms with Crippen LogP contribution in [0.4, 0.5) is 5.13 Å². The molecule has 6 nitrogen and oxygen atoms in total. The van der Waals surface area contributed by atoms with Crippen molar-refractivity contribution in [2.75, 3.05) is 11.9 Å². The van der Waals surface area contributed by atoms with Gasteiger partial charge in [0, 0.05) is 18.9 Å². The van der Waals surface area contributed by atoms with Crippen LogP contribution >= 0.6 is 11.3 Å². The molecule has 0 unspecified atom stereocenters. The van der Waals surface area contributed by atoms with Gasteiger partial charge >= 0.3 is 0 Å². The molecule has 2 aromatic rings. The summed E-state index contributed by atoms with van der Waals surface area (Å²) in [7, 11) is 0. The first kappa shape index (κ1) is 16.4. The summed E-state index contributed by atoms with van der Waals surface area (Å²) < 4.78 is 1.16. The molecule has 1 aliphatic heterocycles. The van der Waals surface area contributed by atoms with E-state index in [0.717, 1.165) is 41.2 Å². The lowest BCUT2D eigenvalue weighted by Crippen LogP contribution is -2.36. The van der Waals surface area contributed by atoms with Gasteiger partial charge in [-0.05, 0) is 30.5 Å². The van der Waals surface area contributed by atoms with E-state index in [1.807, 2.05) is 6.20 Å². The predicted octanol–water partition coefficient (Wildman–Crippen LogP) is 2.66. The molecular formula is C18H23N5OS. The lowest BCUT2D eigenvalue weighted by atomic mass is 9.93. The average Bonchev–Trinajstić information content (AvgIpc) is 2.99. The van der Waals surface area contributed by atoms with E-state index in [-0.39, 0.29) is 12.1 Å². The lowest BCUT2D eigenvalue weighted by Gasteiger charge is -2.27. The van der Waals surface area contributed by atoms with Crippen molar-refractivity contribution < 1.29 is 5.11 Å². The maximum atomic E-state index is 10.1. The van der Waals surface area contributed by atoms with E-state index in [9.17, 15) is 5.11 Å². The molecule has 0 amide bonds. The van der Waals surface area contributed by atoms with Crippen LogP contribution in [-0.4, -0.2) is 39.5 Å². The first-order valence-corrected chi connectivity index (χ1v) is 9.56. The monoisotopic (exact) mass is 357 g/mol. The predicted molar refractivity (Wildman–Crippen MR) is 103 cm³/mol. The van der Waals surface area contributed by atoms with Crippen molar-refractivity contribution in [1.29, 1.82) is 0 Å². The number of rotatable bonds is 4. The number of aliphatic imine (C=N–C) groups is 1. The largest absolute Gasteiger partial charge is 0.391 e. The Bertz CT molecular complexity index is 815. The molecule has 2 heterocycles. The van der Waals surface area contributed by atoms with Crippen molar-refractivity contribution >= 4 is 32.5 Å². The minimum absolute atomic E-state index is 0.120. The van der Waals surface area contributed by atoms with Gasteiger partial charge < -0.3 is 21.1 Å². The Hall–Kier alpha value is -2.12. The first-order valence-electron chi connectivity index (χ1n) is 8.74. The van der Waals surface area contributed by atoms with Crippen LogP contribution in [0.1, 0.15) is 31.2 Å². The molecule has 0 spiro atoms. The van der Waals surface area contributed by atoms with Gasteiger partial charge in [-0.15, -0.1) is 0 Å². The number of aliphatic hydroxyl groups is 1. The smallest absolute Gasteiger partial charge is 0.184 e. The quantitative estimate of drug-likeness (QED) is 0.783. The Morgan fingerprint density at radius 3 is 3.04 bits per heavy atom. The third kappa shape index (κ3) is 3.77. The number of aliphatic hydroxyl groups excluding tert-OH is 1. The van der Waals surface area contributed by atoms with Gasteiger partial charge in [0.25, 0.3) is 0 Å². The highest BCUT2D eigenvalue weighted by Gasteiger charge is 2.23. The highest BCUT2D eigenvalue weighted by Crippen LogP contribution is 2.30. The molecular weight excluding hydrogens is 334 g/mol. The summed E-state index contributed by atoms with van der Waals surface area (Å²) >= 11 is 1.65. The number of fused-ring (bicyclic) bond motifs is 1. The maximum absolute atomic E-state index is 10.1. The molecule has 1 fully saturated rings. The highest BCUT2D eigenvalue weighted by molar-refractivity contribution is 7.22. The van der Waals surface area contributed by atoms with Crippen molar-refractivity contribution in [2.24, 2.45) is 10.7 Å². The lowest BCUT2D eigenvalue weighted by molar-refractivity contribution is 0.116. The third-order valence-corrected chi connectivity index (χ3v) is 5.71. The van der Waals surface area contributed by atoms with E-state index in [4.69, 9.17) is 5.73 Å². The molecule has 1 aromatic carbocycles. The molecule has 0 saturated heterocycles. The second-order valence-electron chi connectivity index (χ2n) is 6.75. The molecule has 2 atom stereocenters. The number of anilines is 1. The van der Waals surface area contributed by atoms with Crippen LogP contribution in [0.2, 0.25) is 0 Å². The van der Waals surface area contributed by atoms with Crippen LogP contribution in [-0.2, 0) is 6.54 Å². The Morgan fingerprint density at radius 2 is 2.20 bits per heavy atom. The van der Waals surface area contributed by atoms with Crippen LogP contribution in [0.3, 0.4) is 0 Å². The van der Waals surface area contributed by atoms with Crippen LogP contribution in [0.15, 0.2) is 35.6 Å². The van der Waals surface area contributed by atoms with Gasteiger partial charge in [0.1, 0.15) is 5.84 Å². The molecule has 25 heavy (non-hydrogen) atoms. The van der Waals surface area contributed by atoms with E-state index in [0.29, 0.717) is 12.4 Å². The number of amidine groups is 1. The van der Waals surface area contributed by atoms with Gasteiger partial charge in [-0.3, -0.25) is 0 Å². The molecule has 7 heteroatoms. The Labute approximate surface area is 151 Å². The fourth-order valence-electron chi connectivity index (χ4n) is 3.44. The Kier molecular flexibility index (Phi) is 4.59. The van der Waals surface area contributed by atoms with Crippen molar-refractivity contribution in [3.63, 3.8) is 0 Å². The van der Waals surface area contributed by atoms with Crippen molar-refractivity contribution in [1.82, 2.24) is 9.88 Å². The topological polar surface area (TPSA) is 86.8 Å². The van der Waals surface area contributed by atoms with Crippen LogP contribution in [0, 0.1) is 0 Å². The second kappa shape index (κ2) is 7.01. The molecule has 4 N–H and O–H groups in total.